The Kier molecular flexibility index (Phi) is 7.56. The summed E-state index contributed by atoms with van der Waals surface area (Å²) in [4.78, 5) is 0. The Morgan fingerprint density at radius 2 is 1.94 bits per heavy atom. The van der Waals surface area contributed by atoms with Crippen molar-refractivity contribution in [3.63, 3.8) is 0 Å². The molecule has 11 heteroatoms. The van der Waals surface area contributed by atoms with Crippen LogP contribution in [0.3, 0.4) is 0 Å². The second-order valence-electron chi connectivity index (χ2n) is 8.45. The molecule has 7 nitrogen and oxygen atoms in total. The maximum absolute atomic E-state index is 13.7. The van der Waals surface area contributed by atoms with Gasteiger partial charge in [0.2, 0.25) is 5.13 Å². The number of hydrogen-bond donors (Lipinski definition) is 3. The maximum atomic E-state index is 13.7. The van der Waals surface area contributed by atoms with Gasteiger partial charge in [0.25, 0.3) is 0 Å². The van der Waals surface area contributed by atoms with Gasteiger partial charge in [-0.3, -0.25) is 0 Å². The summed E-state index contributed by atoms with van der Waals surface area (Å²) in [5, 5.41) is 25.5. The lowest BCUT2D eigenvalue weighted by atomic mass is 9.97. The quantitative estimate of drug-likeness (QED) is 0.408. The van der Waals surface area contributed by atoms with Crippen LogP contribution in [-0.2, 0) is 28.4 Å². The van der Waals surface area contributed by atoms with E-state index in [-0.39, 0.29) is 24.5 Å². The Hall–Kier alpha value is -2.47. The average Bonchev–Trinajstić information content (AvgIpc) is 3.28. The lowest BCUT2D eigenvalue weighted by molar-refractivity contribution is 0.145. The molecule has 0 saturated carbocycles. The molecule has 1 aliphatic rings. The molecular weight excluding hydrogens is 482 g/mol. The predicted octanol–water partition coefficient (Wildman–Crippen LogP) is 3.02. The number of anilines is 1. The number of hydrogen-bond acceptors (Lipinski definition) is 8. The second-order valence-corrected chi connectivity index (χ2v) is 11.4. The fourth-order valence-corrected chi connectivity index (χ4v) is 6.36. The molecule has 0 aliphatic carbocycles. The monoisotopic (exact) mass is 508 g/mol. The first kappa shape index (κ1) is 24.6. The van der Waals surface area contributed by atoms with E-state index in [1.54, 1.807) is 0 Å². The third-order valence-electron chi connectivity index (χ3n) is 5.87. The number of benzene rings is 2. The first-order valence-electron chi connectivity index (χ1n) is 10.9. The Morgan fingerprint density at radius 3 is 2.62 bits per heavy atom. The zero-order valence-corrected chi connectivity index (χ0v) is 20.2. The summed E-state index contributed by atoms with van der Waals surface area (Å²) in [6.45, 7) is 2.09. The van der Waals surface area contributed by atoms with Crippen LogP contribution in [-0.4, -0.2) is 48.2 Å². The van der Waals surface area contributed by atoms with Crippen LogP contribution < -0.4 is 10.6 Å². The largest absolute Gasteiger partial charge is 0.390 e. The van der Waals surface area contributed by atoms with Crippen molar-refractivity contribution in [3.05, 3.63) is 75.8 Å². The van der Waals surface area contributed by atoms with Gasteiger partial charge in [0.1, 0.15) is 17.1 Å². The fraction of sp³-hybridized carbons (Fsp3) is 0.391. The van der Waals surface area contributed by atoms with E-state index in [0.717, 1.165) is 29.2 Å². The van der Waals surface area contributed by atoms with E-state index in [1.807, 2.05) is 25.1 Å². The van der Waals surface area contributed by atoms with Crippen molar-refractivity contribution in [3.8, 4) is 0 Å². The molecule has 0 bridgehead atoms. The molecule has 1 aromatic heterocycles. The topological polar surface area (TPSA) is 104 Å². The van der Waals surface area contributed by atoms with Crippen LogP contribution >= 0.6 is 11.3 Å². The number of fused-ring (bicyclic) bond motifs is 1. The molecule has 1 aliphatic heterocycles. The summed E-state index contributed by atoms with van der Waals surface area (Å²) in [5.74, 6) is -1.47. The van der Waals surface area contributed by atoms with Crippen LogP contribution in [0.1, 0.15) is 35.2 Å². The van der Waals surface area contributed by atoms with Gasteiger partial charge in [0, 0.05) is 18.7 Å². The van der Waals surface area contributed by atoms with Gasteiger partial charge in [-0.25, -0.2) is 17.2 Å². The van der Waals surface area contributed by atoms with Gasteiger partial charge in [-0.05, 0) is 47.2 Å². The predicted molar refractivity (Wildman–Crippen MR) is 127 cm³/mol. The number of aliphatic hydroxyl groups excluding tert-OH is 1. The minimum absolute atomic E-state index is 0.000571. The van der Waals surface area contributed by atoms with Crippen LogP contribution in [0.5, 0.6) is 0 Å². The highest BCUT2D eigenvalue weighted by Crippen LogP contribution is 2.29. The molecule has 3 N–H and O–H groups in total. The Labute approximate surface area is 201 Å². The number of aliphatic hydroxyl groups is 1. The third-order valence-corrected chi connectivity index (χ3v) is 8.09. The van der Waals surface area contributed by atoms with Crippen molar-refractivity contribution >= 4 is 26.3 Å². The van der Waals surface area contributed by atoms with Crippen LogP contribution in [0.25, 0.3) is 0 Å². The van der Waals surface area contributed by atoms with E-state index >= 15 is 0 Å². The van der Waals surface area contributed by atoms with Crippen LogP contribution in [0.4, 0.5) is 13.9 Å². The van der Waals surface area contributed by atoms with Gasteiger partial charge in [-0.15, -0.1) is 10.2 Å². The molecule has 3 unspecified atom stereocenters. The summed E-state index contributed by atoms with van der Waals surface area (Å²) in [6.07, 6.45) is -0.0676. The minimum atomic E-state index is -3.29. The molecule has 3 atom stereocenters. The SMILES string of the molecule is CCc1ccc2c(c1)C(NCC(O)C(Cc1cc(F)cc(F)c1)Nc1nncs1)CS(=O)(=O)C2. The number of aromatic nitrogens is 2. The molecule has 0 radical (unpaired) electrons. The number of halogens is 2. The van der Waals surface area contributed by atoms with E-state index in [9.17, 15) is 22.3 Å². The minimum Gasteiger partial charge on any atom is -0.390 e. The van der Waals surface area contributed by atoms with Gasteiger partial charge in [0.05, 0.1) is 23.7 Å². The Balaban J connectivity index is 1.52. The van der Waals surface area contributed by atoms with Crippen LogP contribution in [0, 0.1) is 11.6 Å². The zero-order chi connectivity index (χ0) is 24.3. The third kappa shape index (κ3) is 6.15. The van der Waals surface area contributed by atoms with Crippen LogP contribution in [0.2, 0.25) is 0 Å². The van der Waals surface area contributed by atoms with Crippen molar-refractivity contribution in [2.24, 2.45) is 0 Å². The highest BCUT2D eigenvalue weighted by molar-refractivity contribution is 7.90. The fourth-order valence-electron chi connectivity index (χ4n) is 4.19. The molecule has 0 saturated heterocycles. The molecular formula is C23H26F2N4O3S2. The van der Waals surface area contributed by atoms with E-state index in [2.05, 4.69) is 20.8 Å². The number of nitrogens with one attached hydrogen (secondary N) is 2. The van der Waals surface area contributed by atoms with Crippen molar-refractivity contribution in [2.45, 2.75) is 43.7 Å². The van der Waals surface area contributed by atoms with E-state index in [4.69, 9.17) is 0 Å². The molecule has 2 aromatic carbocycles. The van der Waals surface area contributed by atoms with E-state index in [0.29, 0.717) is 10.7 Å². The number of nitrogens with zero attached hydrogens (tertiary/aromatic N) is 2. The Morgan fingerprint density at radius 1 is 1.18 bits per heavy atom. The van der Waals surface area contributed by atoms with Crippen LogP contribution in [0.15, 0.2) is 41.9 Å². The zero-order valence-electron chi connectivity index (χ0n) is 18.5. The molecule has 0 fully saturated rings. The lowest BCUT2D eigenvalue weighted by Gasteiger charge is -2.30. The standard InChI is InChI=1S/C23H26F2N4O3S2/c1-2-14-3-4-16-11-34(31,32)12-21(19(16)7-14)26-10-22(30)20(28-23-29-27-13-33-23)8-15-5-17(24)9-18(25)6-15/h3-7,9,13,20-22,26,30H,2,8,10-12H2,1H3,(H,28,29). The first-order valence-corrected chi connectivity index (χ1v) is 13.6. The lowest BCUT2D eigenvalue weighted by Crippen LogP contribution is -2.45. The number of rotatable bonds is 9. The maximum Gasteiger partial charge on any atom is 0.205 e. The molecule has 4 rings (SSSR count). The summed E-state index contributed by atoms with van der Waals surface area (Å²) >= 11 is 1.23. The molecule has 0 amide bonds. The molecule has 2 heterocycles. The average molecular weight is 509 g/mol. The van der Waals surface area contributed by atoms with E-state index in [1.165, 1.54) is 29.0 Å². The normalized spacial score (nSPS) is 18.8. The summed E-state index contributed by atoms with van der Waals surface area (Å²) in [5.41, 5.74) is 4.68. The number of sulfone groups is 1. The molecule has 182 valence electrons. The van der Waals surface area contributed by atoms with Gasteiger partial charge < -0.3 is 15.7 Å². The highest BCUT2D eigenvalue weighted by atomic mass is 32.2. The summed E-state index contributed by atoms with van der Waals surface area (Å²) in [6, 6.07) is 7.91. The van der Waals surface area contributed by atoms with Gasteiger partial charge in [0.15, 0.2) is 9.84 Å². The highest BCUT2D eigenvalue weighted by Gasteiger charge is 2.31. The number of aryl methyl sites for hydroxylation is 1. The smallest absolute Gasteiger partial charge is 0.205 e. The van der Waals surface area contributed by atoms with Crippen molar-refractivity contribution in [2.75, 3.05) is 17.6 Å². The van der Waals surface area contributed by atoms with Gasteiger partial charge in [-0.2, -0.15) is 0 Å². The Bertz CT molecular complexity index is 1220. The molecule has 34 heavy (non-hydrogen) atoms. The first-order chi connectivity index (χ1) is 16.2. The van der Waals surface area contributed by atoms with Gasteiger partial charge >= 0.3 is 0 Å². The van der Waals surface area contributed by atoms with Gasteiger partial charge in [-0.1, -0.05) is 36.5 Å². The molecule has 0 spiro atoms. The van der Waals surface area contributed by atoms with Crippen molar-refractivity contribution in [1.82, 2.24) is 15.5 Å². The van der Waals surface area contributed by atoms with E-state index < -0.39 is 39.7 Å². The van der Waals surface area contributed by atoms with Crippen molar-refractivity contribution < 1.29 is 22.3 Å². The van der Waals surface area contributed by atoms with Crippen molar-refractivity contribution in [1.29, 1.82) is 0 Å². The second kappa shape index (κ2) is 10.4. The summed E-state index contributed by atoms with van der Waals surface area (Å²) < 4.78 is 52.4. The summed E-state index contributed by atoms with van der Waals surface area (Å²) in [7, 11) is -3.29. The molecule has 3 aromatic rings.